The van der Waals surface area contributed by atoms with E-state index >= 15 is 0 Å². The van der Waals surface area contributed by atoms with Gasteiger partial charge in [0.05, 0.1) is 17.6 Å². The normalized spacial score (nSPS) is 14.8. The molecular formula is C28H36N4O2. The highest BCUT2D eigenvalue weighted by molar-refractivity contribution is 5.83. The Kier molecular flexibility index (Phi) is 7.35. The van der Waals surface area contributed by atoms with E-state index in [1.807, 2.05) is 67.8 Å². The van der Waals surface area contributed by atoms with Gasteiger partial charge in [-0.05, 0) is 30.5 Å². The fourth-order valence-electron chi connectivity index (χ4n) is 4.68. The SMILES string of the molecule is CC(C)(C)C(=O)NCc1nc2ccccc2n1CC(=O)N(Cc1ccccc1)C1CCCCC1. The first-order valence-corrected chi connectivity index (χ1v) is 12.4. The largest absolute Gasteiger partial charge is 0.348 e. The van der Waals surface area contributed by atoms with Crippen LogP contribution in [0.5, 0.6) is 0 Å². The molecule has 6 heteroatoms. The van der Waals surface area contributed by atoms with Gasteiger partial charge >= 0.3 is 0 Å². The second-order valence-electron chi connectivity index (χ2n) is 10.3. The molecule has 2 amide bonds. The minimum absolute atomic E-state index is 0.0367. The maximum Gasteiger partial charge on any atom is 0.243 e. The van der Waals surface area contributed by atoms with Crippen LogP contribution in [0, 0.1) is 5.41 Å². The van der Waals surface area contributed by atoms with Crippen LogP contribution in [0.1, 0.15) is 64.3 Å². The molecule has 3 aromatic rings. The van der Waals surface area contributed by atoms with Crippen LogP contribution >= 0.6 is 0 Å². The zero-order valence-corrected chi connectivity index (χ0v) is 20.6. The maximum absolute atomic E-state index is 13.8. The fraction of sp³-hybridized carbons (Fsp3) is 0.464. The number of aromatic nitrogens is 2. The molecule has 1 heterocycles. The first kappa shape index (κ1) is 24.0. The predicted molar refractivity (Wildman–Crippen MR) is 135 cm³/mol. The summed E-state index contributed by atoms with van der Waals surface area (Å²) in [6.07, 6.45) is 5.69. The van der Waals surface area contributed by atoms with E-state index in [9.17, 15) is 9.59 Å². The number of imidazole rings is 1. The van der Waals surface area contributed by atoms with Gasteiger partial charge in [-0.2, -0.15) is 0 Å². The number of carbonyl (C=O) groups excluding carboxylic acids is 2. The molecule has 2 aromatic carbocycles. The van der Waals surface area contributed by atoms with Gasteiger partial charge in [-0.15, -0.1) is 0 Å². The monoisotopic (exact) mass is 460 g/mol. The highest BCUT2D eigenvalue weighted by Gasteiger charge is 2.27. The third-order valence-corrected chi connectivity index (χ3v) is 6.65. The average molecular weight is 461 g/mol. The zero-order valence-electron chi connectivity index (χ0n) is 20.6. The summed E-state index contributed by atoms with van der Waals surface area (Å²) in [7, 11) is 0. The van der Waals surface area contributed by atoms with Gasteiger partial charge in [0.1, 0.15) is 12.4 Å². The number of benzene rings is 2. The quantitative estimate of drug-likeness (QED) is 0.536. The van der Waals surface area contributed by atoms with Gasteiger partial charge in [0.25, 0.3) is 0 Å². The van der Waals surface area contributed by atoms with Crippen molar-refractivity contribution in [3.05, 3.63) is 66.0 Å². The van der Waals surface area contributed by atoms with E-state index in [-0.39, 0.29) is 24.4 Å². The van der Waals surface area contributed by atoms with E-state index in [4.69, 9.17) is 4.98 Å². The van der Waals surface area contributed by atoms with E-state index in [2.05, 4.69) is 22.3 Å². The highest BCUT2D eigenvalue weighted by atomic mass is 16.2. The van der Waals surface area contributed by atoms with E-state index < -0.39 is 5.41 Å². The molecule has 4 rings (SSSR count). The lowest BCUT2D eigenvalue weighted by Crippen LogP contribution is -2.43. The molecule has 34 heavy (non-hydrogen) atoms. The standard InChI is InChI=1S/C28H36N4O2/c1-28(2,3)27(34)29-18-25-30-23-16-10-11-17-24(23)32(25)20-26(33)31(22-14-8-5-9-15-22)19-21-12-6-4-7-13-21/h4,6-7,10-13,16-17,22H,5,8-9,14-15,18-20H2,1-3H3,(H,29,34). The topological polar surface area (TPSA) is 67.2 Å². The second-order valence-corrected chi connectivity index (χ2v) is 10.3. The number of nitrogens with zero attached hydrogens (tertiary/aromatic N) is 3. The summed E-state index contributed by atoms with van der Waals surface area (Å²) in [4.78, 5) is 33.1. The zero-order chi connectivity index (χ0) is 24.1. The van der Waals surface area contributed by atoms with Crippen LogP contribution in [0.15, 0.2) is 54.6 Å². The van der Waals surface area contributed by atoms with Gasteiger partial charge in [0, 0.05) is 18.0 Å². The Morgan fingerprint density at radius 2 is 1.68 bits per heavy atom. The van der Waals surface area contributed by atoms with Gasteiger partial charge in [0.2, 0.25) is 11.8 Å². The number of carbonyl (C=O) groups is 2. The van der Waals surface area contributed by atoms with Crippen molar-refractivity contribution in [2.75, 3.05) is 0 Å². The van der Waals surface area contributed by atoms with Crippen LogP contribution < -0.4 is 5.32 Å². The molecule has 0 bridgehead atoms. The molecule has 0 aliphatic heterocycles. The Morgan fingerprint density at radius 1 is 1.00 bits per heavy atom. The molecule has 0 saturated heterocycles. The van der Waals surface area contributed by atoms with Gasteiger partial charge < -0.3 is 14.8 Å². The molecule has 0 unspecified atom stereocenters. The van der Waals surface area contributed by atoms with Crippen molar-refractivity contribution in [2.24, 2.45) is 5.41 Å². The number of fused-ring (bicyclic) bond motifs is 1. The van der Waals surface area contributed by atoms with Crippen LogP contribution in [0.25, 0.3) is 11.0 Å². The second kappa shape index (κ2) is 10.4. The molecule has 6 nitrogen and oxygen atoms in total. The third-order valence-electron chi connectivity index (χ3n) is 6.65. The van der Waals surface area contributed by atoms with Crippen molar-refractivity contribution in [3.8, 4) is 0 Å². The van der Waals surface area contributed by atoms with Crippen LogP contribution in [-0.4, -0.2) is 32.3 Å². The van der Waals surface area contributed by atoms with Gasteiger partial charge in [0.15, 0.2) is 0 Å². The lowest BCUT2D eigenvalue weighted by Gasteiger charge is -2.35. The molecule has 180 valence electrons. The number of para-hydroxylation sites is 2. The van der Waals surface area contributed by atoms with E-state index in [1.165, 1.54) is 19.3 Å². The summed E-state index contributed by atoms with van der Waals surface area (Å²) in [6, 6.07) is 18.4. The molecule has 0 radical (unpaired) electrons. The molecule has 1 aromatic heterocycles. The van der Waals surface area contributed by atoms with Crippen molar-refractivity contribution < 1.29 is 9.59 Å². The molecule has 1 aliphatic carbocycles. The third kappa shape index (κ3) is 5.66. The summed E-state index contributed by atoms with van der Waals surface area (Å²) >= 11 is 0. The molecule has 1 N–H and O–H groups in total. The smallest absolute Gasteiger partial charge is 0.243 e. The Morgan fingerprint density at radius 3 is 2.38 bits per heavy atom. The maximum atomic E-state index is 13.8. The summed E-state index contributed by atoms with van der Waals surface area (Å²) in [6.45, 7) is 6.79. The molecule has 0 atom stereocenters. The van der Waals surface area contributed by atoms with Crippen molar-refractivity contribution in [3.63, 3.8) is 0 Å². The van der Waals surface area contributed by atoms with Gasteiger partial charge in [-0.25, -0.2) is 4.98 Å². The Hall–Kier alpha value is -3.15. The Labute approximate surface area is 202 Å². The number of amides is 2. The van der Waals surface area contributed by atoms with Crippen LogP contribution in [-0.2, 0) is 29.2 Å². The van der Waals surface area contributed by atoms with Gasteiger partial charge in [-0.3, -0.25) is 9.59 Å². The number of rotatable bonds is 7. The number of hydrogen-bond donors (Lipinski definition) is 1. The average Bonchev–Trinajstić information content (AvgIpc) is 3.18. The first-order chi connectivity index (χ1) is 16.3. The lowest BCUT2D eigenvalue weighted by atomic mass is 9.93. The minimum Gasteiger partial charge on any atom is -0.348 e. The van der Waals surface area contributed by atoms with E-state index in [1.54, 1.807) is 0 Å². The number of nitrogens with one attached hydrogen (secondary N) is 1. The van der Waals surface area contributed by atoms with E-state index in [0.717, 1.165) is 29.4 Å². The predicted octanol–water partition coefficient (Wildman–Crippen LogP) is 5.06. The molecule has 0 spiro atoms. The van der Waals surface area contributed by atoms with Crippen molar-refractivity contribution in [2.45, 2.75) is 78.6 Å². The van der Waals surface area contributed by atoms with Gasteiger partial charge in [-0.1, -0.05) is 82.5 Å². The summed E-state index contributed by atoms with van der Waals surface area (Å²) < 4.78 is 1.97. The Balaban J connectivity index is 1.60. The minimum atomic E-state index is -0.486. The summed E-state index contributed by atoms with van der Waals surface area (Å²) in [5, 5.41) is 3.00. The van der Waals surface area contributed by atoms with Crippen molar-refractivity contribution >= 4 is 22.8 Å². The van der Waals surface area contributed by atoms with E-state index in [0.29, 0.717) is 18.9 Å². The van der Waals surface area contributed by atoms with Crippen LogP contribution in [0.3, 0.4) is 0 Å². The first-order valence-electron chi connectivity index (χ1n) is 12.4. The van der Waals surface area contributed by atoms with Crippen molar-refractivity contribution in [1.82, 2.24) is 19.8 Å². The number of hydrogen-bond acceptors (Lipinski definition) is 3. The molecule has 1 aliphatic rings. The molecule has 1 saturated carbocycles. The summed E-state index contributed by atoms with van der Waals surface area (Å²) in [5.41, 5.74) is 2.41. The lowest BCUT2D eigenvalue weighted by molar-refractivity contribution is -0.135. The summed E-state index contributed by atoms with van der Waals surface area (Å²) in [5.74, 6) is 0.767. The van der Waals surface area contributed by atoms with Crippen LogP contribution in [0.2, 0.25) is 0 Å². The van der Waals surface area contributed by atoms with Crippen molar-refractivity contribution in [1.29, 1.82) is 0 Å². The van der Waals surface area contributed by atoms with Crippen LogP contribution in [0.4, 0.5) is 0 Å². The fourth-order valence-corrected chi connectivity index (χ4v) is 4.68. The highest BCUT2D eigenvalue weighted by Crippen LogP contribution is 2.25. The molecule has 1 fully saturated rings. The molecular weight excluding hydrogens is 424 g/mol. The Bertz CT molecular complexity index is 1120.